The summed E-state index contributed by atoms with van der Waals surface area (Å²) < 4.78 is 5.81. The van der Waals surface area contributed by atoms with Crippen LogP contribution in [-0.4, -0.2) is 18.6 Å². The second kappa shape index (κ2) is 5.84. The van der Waals surface area contributed by atoms with E-state index >= 15 is 0 Å². The van der Waals surface area contributed by atoms with E-state index in [0.717, 1.165) is 29.0 Å². The van der Waals surface area contributed by atoms with Crippen molar-refractivity contribution < 1.29 is 9.53 Å². The summed E-state index contributed by atoms with van der Waals surface area (Å²) in [4.78, 5) is 14.5. The van der Waals surface area contributed by atoms with Gasteiger partial charge < -0.3 is 9.64 Å². The standard InChI is InChI=1S/C19H21NO2/c1-13-7-6-8-14(2)19(13)22-12-18(21)20-15(3)11-16-9-4-5-10-17(16)20/h4-10,15H,11-12H2,1-3H3. The largest absolute Gasteiger partial charge is 0.483 e. The van der Waals surface area contributed by atoms with E-state index in [1.807, 2.05) is 55.1 Å². The van der Waals surface area contributed by atoms with Crippen molar-refractivity contribution in [3.63, 3.8) is 0 Å². The highest BCUT2D eigenvalue weighted by Crippen LogP contribution is 2.32. The van der Waals surface area contributed by atoms with Crippen LogP contribution in [0.3, 0.4) is 0 Å². The van der Waals surface area contributed by atoms with Gasteiger partial charge in [0.05, 0.1) is 0 Å². The van der Waals surface area contributed by atoms with Crippen LogP contribution in [0.25, 0.3) is 0 Å². The number of benzene rings is 2. The Morgan fingerprint density at radius 3 is 2.55 bits per heavy atom. The highest BCUT2D eigenvalue weighted by molar-refractivity contribution is 5.97. The third-order valence-electron chi connectivity index (χ3n) is 4.22. The van der Waals surface area contributed by atoms with Crippen LogP contribution in [0.15, 0.2) is 42.5 Å². The number of carbonyl (C=O) groups is 1. The van der Waals surface area contributed by atoms with Crippen molar-refractivity contribution in [2.75, 3.05) is 11.5 Å². The van der Waals surface area contributed by atoms with Crippen molar-refractivity contribution in [3.05, 3.63) is 59.2 Å². The van der Waals surface area contributed by atoms with Gasteiger partial charge in [0.25, 0.3) is 5.91 Å². The van der Waals surface area contributed by atoms with E-state index in [-0.39, 0.29) is 18.6 Å². The molecule has 0 saturated carbocycles. The molecule has 3 heteroatoms. The fourth-order valence-electron chi connectivity index (χ4n) is 3.18. The summed E-state index contributed by atoms with van der Waals surface area (Å²) >= 11 is 0. The van der Waals surface area contributed by atoms with E-state index in [0.29, 0.717) is 0 Å². The lowest BCUT2D eigenvalue weighted by molar-refractivity contribution is -0.120. The zero-order valence-corrected chi connectivity index (χ0v) is 13.3. The van der Waals surface area contributed by atoms with E-state index in [2.05, 4.69) is 13.0 Å². The molecule has 3 nitrogen and oxygen atoms in total. The van der Waals surface area contributed by atoms with Crippen LogP contribution < -0.4 is 9.64 Å². The van der Waals surface area contributed by atoms with Crippen molar-refractivity contribution in [1.29, 1.82) is 0 Å². The van der Waals surface area contributed by atoms with E-state index < -0.39 is 0 Å². The number of nitrogens with zero attached hydrogens (tertiary/aromatic N) is 1. The van der Waals surface area contributed by atoms with Crippen molar-refractivity contribution in [2.45, 2.75) is 33.2 Å². The van der Waals surface area contributed by atoms with Gasteiger partial charge in [-0.05, 0) is 49.9 Å². The number of hydrogen-bond donors (Lipinski definition) is 0. The molecular formula is C19H21NO2. The molecule has 1 aliphatic rings. The number of rotatable bonds is 3. The summed E-state index contributed by atoms with van der Waals surface area (Å²) in [6, 6.07) is 14.3. The molecule has 0 bridgehead atoms. The maximum absolute atomic E-state index is 12.6. The molecule has 1 unspecified atom stereocenters. The van der Waals surface area contributed by atoms with Crippen LogP contribution in [-0.2, 0) is 11.2 Å². The molecule has 2 aromatic carbocycles. The Morgan fingerprint density at radius 2 is 1.82 bits per heavy atom. The summed E-state index contributed by atoms with van der Waals surface area (Å²) in [6.07, 6.45) is 0.908. The number of amides is 1. The lowest BCUT2D eigenvalue weighted by Crippen LogP contribution is -2.39. The van der Waals surface area contributed by atoms with Crippen LogP contribution in [0.1, 0.15) is 23.6 Å². The molecule has 2 aromatic rings. The van der Waals surface area contributed by atoms with Gasteiger partial charge in [-0.2, -0.15) is 0 Å². The van der Waals surface area contributed by atoms with Crippen LogP contribution in [0.5, 0.6) is 5.75 Å². The third kappa shape index (κ3) is 2.59. The smallest absolute Gasteiger partial charge is 0.265 e. The first-order valence-electron chi connectivity index (χ1n) is 7.67. The zero-order chi connectivity index (χ0) is 15.7. The molecule has 114 valence electrons. The molecule has 0 spiro atoms. The summed E-state index contributed by atoms with van der Waals surface area (Å²) in [5.41, 5.74) is 4.37. The van der Waals surface area contributed by atoms with Gasteiger partial charge in [0.15, 0.2) is 6.61 Å². The fraction of sp³-hybridized carbons (Fsp3) is 0.316. The summed E-state index contributed by atoms with van der Waals surface area (Å²) in [5.74, 6) is 0.830. The van der Waals surface area contributed by atoms with Gasteiger partial charge in [-0.1, -0.05) is 36.4 Å². The minimum atomic E-state index is 0.0140. The minimum absolute atomic E-state index is 0.0140. The second-order valence-electron chi connectivity index (χ2n) is 5.96. The topological polar surface area (TPSA) is 29.5 Å². The summed E-state index contributed by atoms with van der Waals surface area (Å²) in [5, 5.41) is 0. The molecule has 0 aliphatic carbocycles. The predicted octanol–water partition coefficient (Wildman–Crippen LogP) is 3.66. The Labute approximate surface area is 131 Å². The first-order chi connectivity index (χ1) is 10.6. The number of aryl methyl sites for hydroxylation is 2. The number of anilines is 1. The minimum Gasteiger partial charge on any atom is -0.483 e. The van der Waals surface area contributed by atoms with Crippen LogP contribution in [0.2, 0.25) is 0 Å². The van der Waals surface area contributed by atoms with E-state index in [9.17, 15) is 4.79 Å². The van der Waals surface area contributed by atoms with E-state index in [4.69, 9.17) is 4.74 Å². The molecule has 1 amide bonds. The first kappa shape index (κ1) is 14.6. The van der Waals surface area contributed by atoms with E-state index in [1.54, 1.807) is 0 Å². The van der Waals surface area contributed by atoms with Crippen molar-refractivity contribution in [1.82, 2.24) is 0 Å². The SMILES string of the molecule is Cc1cccc(C)c1OCC(=O)N1c2ccccc2CC1C. The van der Waals surface area contributed by atoms with Gasteiger partial charge >= 0.3 is 0 Å². The molecule has 0 N–H and O–H groups in total. The quantitative estimate of drug-likeness (QED) is 0.865. The number of hydrogen-bond acceptors (Lipinski definition) is 2. The third-order valence-corrected chi connectivity index (χ3v) is 4.22. The molecule has 0 saturated heterocycles. The van der Waals surface area contributed by atoms with Gasteiger partial charge in [0.1, 0.15) is 5.75 Å². The average Bonchev–Trinajstić information content (AvgIpc) is 2.82. The van der Waals surface area contributed by atoms with Gasteiger partial charge in [-0.15, -0.1) is 0 Å². The van der Waals surface area contributed by atoms with Gasteiger partial charge in [0, 0.05) is 11.7 Å². The molecule has 3 rings (SSSR count). The zero-order valence-electron chi connectivity index (χ0n) is 13.3. The highest BCUT2D eigenvalue weighted by Gasteiger charge is 2.30. The highest BCUT2D eigenvalue weighted by atomic mass is 16.5. The Kier molecular flexibility index (Phi) is 3.88. The maximum atomic E-state index is 12.6. The van der Waals surface area contributed by atoms with Crippen LogP contribution in [0.4, 0.5) is 5.69 Å². The molecule has 0 radical (unpaired) electrons. The molecule has 0 fully saturated rings. The summed E-state index contributed by atoms with van der Waals surface area (Å²) in [6.45, 7) is 6.16. The van der Waals surface area contributed by atoms with Crippen LogP contribution >= 0.6 is 0 Å². The number of fused-ring (bicyclic) bond motifs is 1. The Balaban J connectivity index is 1.76. The van der Waals surface area contributed by atoms with Crippen LogP contribution in [0, 0.1) is 13.8 Å². The van der Waals surface area contributed by atoms with Gasteiger partial charge in [-0.25, -0.2) is 0 Å². The lowest BCUT2D eigenvalue weighted by Gasteiger charge is -2.23. The predicted molar refractivity (Wildman–Crippen MR) is 88.5 cm³/mol. The molecule has 22 heavy (non-hydrogen) atoms. The van der Waals surface area contributed by atoms with Crippen molar-refractivity contribution >= 4 is 11.6 Å². The number of ether oxygens (including phenoxy) is 1. The normalized spacial score (nSPS) is 16.5. The second-order valence-corrected chi connectivity index (χ2v) is 5.96. The van der Waals surface area contributed by atoms with Crippen molar-refractivity contribution in [2.24, 2.45) is 0 Å². The van der Waals surface area contributed by atoms with Crippen molar-refractivity contribution in [3.8, 4) is 5.75 Å². The Bertz CT molecular complexity index is 688. The number of para-hydroxylation sites is 2. The molecule has 1 heterocycles. The molecule has 1 aliphatic heterocycles. The first-order valence-corrected chi connectivity index (χ1v) is 7.67. The average molecular weight is 295 g/mol. The molecule has 0 aromatic heterocycles. The molecular weight excluding hydrogens is 274 g/mol. The van der Waals surface area contributed by atoms with E-state index in [1.165, 1.54) is 5.56 Å². The summed E-state index contributed by atoms with van der Waals surface area (Å²) in [7, 11) is 0. The maximum Gasteiger partial charge on any atom is 0.265 e. The monoisotopic (exact) mass is 295 g/mol. The molecule has 1 atom stereocenters. The number of carbonyl (C=O) groups excluding carboxylic acids is 1. The Hall–Kier alpha value is -2.29. The van der Waals surface area contributed by atoms with Gasteiger partial charge in [0.2, 0.25) is 0 Å². The lowest BCUT2D eigenvalue weighted by atomic mass is 10.1. The van der Waals surface area contributed by atoms with Gasteiger partial charge in [-0.3, -0.25) is 4.79 Å². The fourth-order valence-corrected chi connectivity index (χ4v) is 3.18. The Morgan fingerprint density at radius 1 is 1.14 bits per heavy atom.